The lowest BCUT2D eigenvalue weighted by Crippen LogP contribution is -2.44. The fourth-order valence-electron chi connectivity index (χ4n) is 1.64. The van der Waals surface area contributed by atoms with Crippen molar-refractivity contribution in [3.05, 3.63) is 52.9 Å². The second-order valence-electron chi connectivity index (χ2n) is 4.08. The molecule has 0 radical (unpaired) electrons. The molecule has 1 heterocycles. The summed E-state index contributed by atoms with van der Waals surface area (Å²) in [5.74, 6) is -0.0427. The Balaban J connectivity index is 2.36. The number of carbonyl (C=O) groups is 1. The number of benzene rings is 1. The number of carbonyl (C=O) groups excluding carboxylic acids is 1. The van der Waals surface area contributed by atoms with Crippen molar-refractivity contribution < 1.29 is 9.21 Å². The third kappa shape index (κ3) is 2.41. The Bertz CT molecular complexity index is 553. The van der Waals surface area contributed by atoms with E-state index in [4.69, 9.17) is 10.2 Å². The van der Waals surface area contributed by atoms with Crippen molar-refractivity contribution in [1.82, 2.24) is 0 Å². The Morgan fingerprint density at radius 3 is 2.44 bits per heavy atom. The Labute approximate surface area is 113 Å². The zero-order chi connectivity index (χ0) is 13.2. The normalized spacial score (nSPS) is 13.9. The molecule has 0 aliphatic heterocycles. The topological polar surface area (TPSA) is 68.3 Å². The molecule has 2 aromatic rings. The van der Waals surface area contributed by atoms with Gasteiger partial charge >= 0.3 is 0 Å². The van der Waals surface area contributed by atoms with Crippen LogP contribution in [0.2, 0.25) is 0 Å². The lowest BCUT2D eigenvalue weighted by atomic mass is 9.97. The van der Waals surface area contributed by atoms with Crippen LogP contribution in [-0.4, -0.2) is 5.91 Å². The molecule has 1 aromatic heterocycles. The van der Waals surface area contributed by atoms with Gasteiger partial charge in [-0.25, -0.2) is 0 Å². The summed E-state index contributed by atoms with van der Waals surface area (Å²) in [5, 5.41) is 3.10. The number of nitrogens with two attached hydrogens (primary N) is 1. The van der Waals surface area contributed by atoms with E-state index in [1.165, 1.54) is 0 Å². The number of para-hydroxylation sites is 1. The highest BCUT2D eigenvalue weighted by atomic mass is 79.9. The molecular formula is C13H13BrN2O2. The summed E-state index contributed by atoms with van der Waals surface area (Å²) in [5.41, 5.74) is 5.19. The molecule has 1 amide bonds. The summed E-state index contributed by atoms with van der Waals surface area (Å²) in [7, 11) is 0. The zero-order valence-electron chi connectivity index (χ0n) is 9.81. The van der Waals surface area contributed by atoms with Crippen LogP contribution in [0.1, 0.15) is 12.7 Å². The van der Waals surface area contributed by atoms with Crippen LogP contribution in [0.4, 0.5) is 5.69 Å². The highest BCUT2D eigenvalue weighted by Gasteiger charge is 2.36. The maximum atomic E-state index is 11.7. The van der Waals surface area contributed by atoms with E-state index >= 15 is 0 Å². The second kappa shape index (κ2) is 4.86. The van der Waals surface area contributed by atoms with Crippen LogP contribution in [0.25, 0.3) is 0 Å². The second-order valence-corrected chi connectivity index (χ2v) is 4.87. The molecule has 18 heavy (non-hydrogen) atoms. The average molecular weight is 309 g/mol. The van der Waals surface area contributed by atoms with Gasteiger partial charge < -0.3 is 15.5 Å². The van der Waals surface area contributed by atoms with E-state index in [1.807, 2.05) is 30.3 Å². The van der Waals surface area contributed by atoms with Crippen LogP contribution in [-0.2, 0) is 10.3 Å². The predicted octanol–water partition coefficient (Wildman–Crippen LogP) is 2.85. The van der Waals surface area contributed by atoms with E-state index in [9.17, 15) is 4.79 Å². The van der Waals surface area contributed by atoms with Gasteiger partial charge in [-0.2, -0.15) is 0 Å². The molecule has 4 nitrogen and oxygen atoms in total. The minimum absolute atomic E-state index is 0.464. The van der Waals surface area contributed by atoms with Gasteiger partial charge in [-0.15, -0.1) is 0 Å². The first-order valence-electron chi connectivity index (χ1n) is 5.41. The Morgan fingerprint density at radius 1 is 1.28 bits per heavy atom. The fourth-order valence-corrected chi connectivity index (χ4v) is 1.94. The molecule has 0 bridgehead atoms. The summed E-state index contributed by atoms with van der Waals surface area (Å²) in [6, 6.07) is 12.8. The SMILES string of the molecule is CC(Nc1ccccc1)(C(N)=O)c1ccc(Br)o1. The highest BCUT2D eigenvalue weighted by molar-refractivity contribution is 9.10. The molecule has 0 fully saturated rings. The van der Waals surface area contributed by atoms with Gasteiger partial charge in [0.1, 0.15) is 5.76 Å². The summed E-state index contributed by atoms with van der Waals surface area (Å²) in [6.07, 6.45) is 0. The third-order valence-corrected chi connectivity index (χ3v) is 3.15. The van der Waals surface area contributed by atoms with Gasteiger partial charge in [0.15, 0.2) is 10.2 Å². The number of furan rings is 1. The van der Waals surface area contributed by atoms with Crippen molar-refractivity contribution in [1.29, 1.82) is 0 Å². The van der Waals surface area contributed by atoms with Gasteiger partial charge in [0.2, 0.25) is 0 Å². The Hall–Kier alpha value is -1.75. The van der Waals surface area contributed by atoms with E-state index in [2.05, 4.69) is 21.2 Å². The van der Waals surface area contributed by atoms with Crippen LogP contribution in [0.5, 0.6) is 0 Å². The number of hydrogen-bond donors (Lipinski definition) is 2. The first kappa shape index (κ1) is 12.7. The summed E-state index contributed by atoms with van der Waals surface area (Å²) in [6.45, 7) is 1.69. The summed E-state index contributed by atoms with van der Waals surface area (Å²) < 4.78 is 5.99. The molecule has 1 atom stereocenters. The first-order valence-corrected chi connectivity index (χ1v) is 6.20. The van der Waals surface area contributed by atoms with Crippen molar-refractivity contribution in [3.63, 3.8) is 0 Å². The van der Waals surface area contributed by atoms with Gasteiger partial charge in [0.05, 0.1) is 0 Å². The van der Waals surface area contributed by atoms with E-state index in [0.29, 0.717) is 10.4 Å². The van der Waals surface area contributed by atoms with Gasteiger partial charge in [-0.1, -0.05) is 18.2 Å². The molecule has 2 rings (SSSR count). The largest absolute Gasteiger partial charge is 0.451 e. The van der Waals surface area contributed by atoms with Crippen molar-refractivity contribution in [3.8, 4) is 0 Å². The molecule has 0 aliphatic rings. The maximum Gasteiger partial charge on any atom is 0.250 e. The van der Waals surface area contributed by atoms with Crippen molar-refractivity contribution in [2.45, 2.75) is 12.5 Å². The fraction of sp³-hybridized carbons (Fsp3) is 0.154. The molecule has 0 aliphatic carbocycles. The van der Waals surface area contributed by atoms with E-state index in [-0.39, 0.29) is 0 Å². The number of rotatable bonds is 4. The number of anilines is 1. The summed E-state index contributed by atoms with van der Waals surface area (Å²) >= 11 is 3.21. The van der Waals surface area contributed by atoms with Crippen molar-refractivity contribution in [2.75, 3.05) is 5.32 Å². The Morgan fingerprint density at radius 2 is 1.94 bits per heavy atom. The number of primary amides is 1. The molecule has 0 saturated carbocycles. The Kier molecular flexibility index (Phi) is 3.43. The molecule has 0 spiro atoms. The molecule has 1 aromatic carbocycles. The lowest BCUT2D eigenvalue weighted by molar-refractivity contribution is -0.122. The van der Waals surface area contributed by atoms with Crippen LogP contribution in [0.15, 0.2) is 51.6 Å². The zero-order valence-corrected chi connectivity index (χ0v) is 11.4. The maximum absolute atomic E-state index is 11.7. The molecule has 94 valence electrons. The monoisotopic (exact) mass is 308 g/mol. The smallest absolute Gasteiger partial charge is 0.250 e. The van der Waals surface area contributed by atoms with E-state index in [1.54, 1.807) is 19.1 Å². The molecular weight excluding hydrogens is 296 g/mol. The average Bonchev–Trinajstić information content (AvgIpc) is 2.77. The predicted molar refractivity (Wildman–Crippen MR) is 73.0 cm³/mol. The molecule has 3 N–H and O–H groups in total. The number of hydrogen-bond acceptors (Lipinski definition) is 3. The molecule has 5 heteroatoms. The molecule has 1 unspecified atom stereocenters. The van der Waals surface area contributed by atoms with Gasteiger partial charge in [-0.05, 0) is 47.1 Å². The minimum Gasteiger partial charge on any atom is -0.451 e. The van der Waals surface area contributed by atoms with Crippen LogP contribution in [0.3, 0.4) is 0 Å². The van der Waals surface area contributed by atoms with E-state index in [0.717, 1.165) is 5.69 Å². The molecule has 0 saturated heterocycles. The first-order chi connectivity index (χ1) is 8.52. The lowest BCUT2D eigenvalue weighted by Gasteiger charge is -2.26. The number of nitrogens with one attached hydrogen (secondary N) is 1. The van der Waals surface area contributed by atoms with E-state index < -0.39 is 11.4 Å². The van der Waals surface area contributed by atoms with Gasteiger partial charge in [0.25, 0.3) is 5.91 Å². The highest BCUT2D eigenvalue weighted by Crippen LogP contribution is 2.29. The standard InChI is InChI=1S/C13H13BrN2O2/c1-13(12(15)17,10-7-8-11(14)18-10)16-9-5-3-2-4-6-9/h2-8,16H,1H3,(H2,15,17). The number of amides is 1. The van der Waals surface area contributed by atoms with Crippen LogP contribution >= 0.6 is 15.9 Å². The van der Waals surface area contributed by atoms with Crippen molar-refractivity contribution in [2.24, 2.45) is 5.73 Å². The van der Waals surface area contributed by atoms with Gasteiger partial charge in [-0.3, -0.25) is 4.79 Å². The van der Waals surface area contributed by atoms with Gasteiger partial charge in [0, 0.05) is 5.69 Å². The minimum atomic E-state index is -1.09. The van der Waals surface area contributed by atoms with Crippen LogP contribution < -0.4 is 11.1 Å². The summed E-state index contributed by atoms with van der Waals surface area (Å²) in [4.78, 5) is 11.7. The number of halogens is 1. The van der Waals surface area contributed by atoms with Crippen LogP contribution in [0, 0.1) is 0 Å². The quantitative estimate of drug-likeness (QED) is 0.912. The third-order valence-electron chi connectivity index (χ3n) is 2.73. The van der Waals surface area contributed by atoms with Crippen molar-refractivity contribution >= 4 is 27.5 Å².